The molecular formula is C42H58ClN7O8. The Morgan fingerprint density at radius 2 is 1.67 bits per heavy atom. The van der Waals surface area contributed by atoms with E-state index in [0.717, 1.165) is 32.1 Å². The molecular weight excluding hydrogens is 766 g/mol. The molecule has 1 saturated heterocycles. The molecule has 5 atom stereocenters. The number of pyridine rings is 1. The number of aromatic nitrogens is 2. The number of ketones is 2. The number of hydrogen-bond donors (Lipinski definition) is 5. The summed E-state index contributed by atoms with van der Waals surface area (Å²) in [6, 6.07) is -1.32. The lowest BCUT2D eigenvalue weighted by molar-refractivity contribution is -0.145. The average Bonchev–Trinajstić information content (AvgIpc) is 3.80. The van der Waals surface area contributed by atoms with Crippen LogP contribution in [-0.2, 0) is 24.0 Å². The Hall–Kier alpha value is -4.79. The number of carbonyl (C=O) groups is 7. The van der Waals surface area contributed by atoms with E-state index in [1.807, 2.05) is 6.92 Å². The van der Waals surface area contributed by atoms with Crippen LogP contribution in [0.3, 0.4) is 0 Å². The molecule has 0 radical (unpaired) electrons. The van der Waals surface area contributed by atoms with Crippen molar-refractivity contribution in [1.82, 2.24) is 36.1 Å². The van der Waals surface area contributed by atoms with Crippen molar-refractivity contribution >= 4 is 52.7 Å². The highest BCUT2D eigenvalue weighted by molar-refractivity contribution is 6.38. The Balaban J connectivity index is 1.42. The van der Waals surface area contributed by atoms with E-state index < -0.39 is 71.0 Å². The summed E-state index contributed by atoms with van der Waals surface area (Å²) in [7, 11) is 0. The Kier molecular flexibility index (Phi) is 14.4. The summed E-state index contributed by atoms with van der Waals surface area (Å²) in [4.78, 5) is 105. The third-order valence-corrected chi connectivity index (χ3v) is 11.6. The van der Waals surface area contributed by atoms with Crippen LogP contribution < -0.4 is 26.0 Å². The number of Topliss-reactive ketones (excluding diaryl/α,β-unsaturated/α-hetero) is 2. The highest BCUT2D eigenvalue weighted by Gasteiger charge is 2.47. The highest BCUT2D eigenvalue weighted by atomic mass is 35.5. The Morgan fingerprint density at radius 1 is 0.983 bits per heavy atom. The summed E-state index contributed by atoms with van der Waals surface area (Å²) in [5.41, 5.74) is 0.771. The van der Waals surface area contributed by atoms with E-state index in [1.54, 1.807) is 46.8 Å². The zero-order chi connectivity index (χ0) is 42.5. The van der Waals surface area contributed by atoms with Gasteiger partial charge < -0.3 is 35.9 Å². The van der Waals surface area contributed by atoms with Crippen molar-refractivity contribution in [2.45, 2.75) is 149 Å². The standard InChI is InChI=1S/C42H58ClN7O8/c1-8-12-29(35(52)40(56)46-27-16-17-27)47-37(53)30-19-28(58-31-18-15-26(43)20-44-31)21-50(30)41(57)36(42(5,6)7)49-38(54)33(25-13-10-9-11-14-25)48-39(55)34-32(24(4)51)22(2)23(3)45-34/h15,18,20,25,27-30,33,36,45H,8-14,16-17,19,21H2,1-7H3,(H,46,56)(H,47,53)(H,48,55)(H,49,54)/t28-,29+,30+,33+,36-/m1/s1. The number of hydrogen-bond acceptors (Lipinski definition) is 9. The van der Waals surface area contributed by atoms with Gasteiger partial charge in [0.1, 0.15) is 29.9 Å². The predicted octanol–water partition coefficient (Wildman–Crippen LogP) is 4.27. The largest absolute Gasteiger partial charge is 0.472 e. The van der Waals surface area contributed by atoms with Gasteiger partial charge in [-0.25, -0.2) is 4.98 Å². The van der Waals surface area contributed by atoms with Crippen molar-refractivity contribution in [3.63, 3.8) is 0 Å². The van der Waals surface area contributed by atoms with Gasteiger partial charge >= 0.3 is 0 Å². The lowest BCUT2D eigenvalue weighted by Gasteiger charge is -2.37. The van der Waals surface area contributed by atoms with Crippen LogP contribution in [0.4, 0.5) is 0 Å². The summed E-state index contributed by atoms with van der Waals surface area (Å²) in [5, 5.41) is 11.7. The van der Waals surface area contributed by atoms with Crippen molar-refractivity contribution in [1.29, 1.82) is 0 Å². The van der Waals surface area contributed by atoms with E-state index in [2.05, 4.69) is 31.2 Å². The minimum atomic E-state index is -1.18. The monoisotopic (exact) mass is 823 g/mol. The zero-order valence-corrected chi connectivity index (χ0v) is 35.3. The fraction of sp³-hybridized carbons (Fsp3) is 0.619. The minimum Gasteiger partial charge on any atom is -0.472 e. The summed E-state index contributed by atoms with van der Waals surface area (Å²) in [6.45, 7) is 12.1. The molecule has 2 saturated carbocycles. The fourth-order valence-electron chi connectivity index (χ4n) is 7.90. The molecule has 16 heteroatoms. The molecule has 58 heavy (non-hydrogen) atoms. The summed E-state index contributed by atoms with van der Waals surface area (Å²) >= 11 is 6.03. The van der Waals surface area contributed by atoms with Gasteiger partial charge in [0, 0.05) is 30.4 Å². The van der Waals surface area contributed by atoms with Gasteiger partial charge in [-0.3, -0.25) is 33.6 Å². The van der Waals surface area contributed by atoms with Crippen LogP contribution in [0, 0.1) is 25.2 Å². The molecule has 5 amide bonds. The van der Waals surface area contributed by atoms with Gasteiger partial charge in [0.25, 0.3) is 11.8 Å². The topological polar surface area (TPSA) is 209 Å². The molecule has 0 unspecified atom stereocenters. The molecule has 0 spiro atoms. The Labute approximate surface area is 344 Å². The molecule has 0 bridgehead atoms. The van der Waals surface area contributed by atoms with Crippen LogP contribution >= 0.6 is 11.6 Å². The molecule has 316 valence electrons. The number of carbonyl (C=O) groups excluding carboxylic acids is 7. The number of aromatic amines is 1. The first-order valence-corrected chi connectivity index (χ1v) is 20.8. The molecule has 5 rings (SSSR count). The number of likely N-dealkylation sites (tertiary alicyclic amines) is 1. The molecule has 3 heterocycles. The second-order valence-corrected chi connectivity index (χ2v) is 17.5. The van der Waals surface area contributed by atoms with Crippen molar-refractivity contribution in [2.75, 3.05) is 6.54 Å². The van der Waals surface area contributed by atoms with E-state index in [1.165, 1.54) is 18.0 Å². The molecule has 15 nitrogen and oxygen atoms in total. The molecule has 0 aromatic carbocycles. The molecule has 1 aliphatic heterocycles. The number of aryl methyl sites for hydroxylation is 1. The van der Waals surface area contributed by atoms with Crippen LogP contribution in [0.15, 0.2) is 18.3 Å². The number of nitrogens with one attached hydrogen (secondary N) is 5. The van der Waals surface area contributed by atoms with Gasteiger partial charge in [0.05, 0.1) is 23.2 Å². The number of rotatable bonds is 16. The lowest BCUT2D eigenvalue weighted by atomic mass is 9.82. The number of H-pyrrole nitrogens is 1. The second kappa shape index (κ2) is 18.9. The summed E-state index contributed by atoms with van der Waals surface area (Å²) in [5.74, 6) is -4.17. The van der Waals surface area contributed by atoms with Gasteiger partial charge in [-0.15, -0.1) is 0 Å². The Bertz CT molecular complexity index is 1880. The lowest BCUT2D eigenvalue weighted by Crippen LogP contribution is -2.62. The maximum absolute atomic E-state index is 14.9. The molecule has 2 aromatic heterocycles. The minimum absolute atomic E-state index is 0.0300. The first kappa shape index (κ1) is 44.3. The SMILES string of the molecule is CCC[C@H](NC(=O)[C@@H]1C[C@@H](Oc2ccc(Cl)cn2)CN1C(=O)[C@@H](NC(=O)[C@@H](NC(=O)c1[nH]c(C)c(C)c1C(C)=O)C1CCCCC1)C(C)(C)C)C(=O)C(=O)NC1CC1. The molecule has 3 aliphatic rings. The third-order valence-electron chi connectivity index (χ3n) is 11.4. The zero-order valence-electron chi connectivity index (χ0n) is 34.6. The fourth-order valence-corrected chi connectivity index (χ4v) is 8.01. The maximum Gasteiger partial charge on any atom is 0.289 e. The Morgan fingerprint density at radius 3 is 2.26 bits per heavy atom. The van der Waals surface area contributed by atoms with Gasteiger partial charge in [-0.2, -0.15) is 0 Å². The van der Waals surface area contributed by atoms with E-state index in [9.17, 15) is 33.6 Å². The summed E-state index contributed by atoms with van der Waals surface area (Å²) < 4.78 is 6.13. The van der Waals surface area contributed by atoms with Gasteiger partial charge in [0.2, 0.25) is 29.4 Å². The average molecular weight is 824 g/mol. The third kappa shape index (κ3) is 10.8. The first-order valence-electron chi connectivity index (χ1n) is 20.4. The van der Waals surface area contributed by atoms with Gasteiger partial charge in [-0.05, 0) is 75.8 Å². The van der Waals surface area contributed by atoms with Crippen LogP contribution in [0.5, 0.6) is 5.88 Å². The first-order chi connectivity index (χ1) is 27.4. The van der Waals surface area contributed by atoms with Crippen LogP contribution in [0.25, 0.3) is 0 Å². The van der Waals surface area contributed by atoms with Gasteiger partial charge in [0.15, 0.2) is 5.78 Å². The van der Waals surface area contributed by atoms with Crippen molar-refractivity contribution in [2.24, 2.45) is 11.3 Å². The van der Waals surface area contributed by atoms with Crippen LogP contribution in [0.2, 0.25) is 5.02 Å². The molecule has 2 aromatic rings. The quantitative estimate of drug-likeness (QED) is 0.121. The van der Waals surface area contributed by atoms with Crippen molar-refractivity contribution in [3.05, 3.63) is 45.9 Å². The molecule has 2 aliphatic carbocycles. The van der Waals surface area contributed by atoms with E-state index >= 15 is 0 Å². The van der Waals surface area contributed by atoms with Gasteiger partial charge in [-0.1, -0.05) is 65.0 Å². The number of nitrogens with zero attached hydrogens (tertiary/aromatic N) is 2. The van der Waals surface area contributed by atoms with Crippen molar-refractivity contribution < 1.29 is 38.3 Å². The summed E-state index contributed by atoms with van der Waals surface area (Å²) in [6.07, 6.45) is 7.11. The number of halogens is 1. The highest BCUT2D eigenvalue weighted by Crippen LogP contribution is 2.31. The second-order valence-electron chi connectivity index (χ2n) is 17.1. The number of amides is 5. The van der Waals surface area contributed by atoms with E-state index in [0.29, 0.717) is 35.5 Å². The van der Waals surface area contributed by atoms with E-state index in [4.69, 9.17) is 16.3 Å². The predicted molar refractivity (Wildman–Crippen MR) is 216 cm³/mol. The van der Waals surface area contributed by atoms with Crippen LogP contribution in [-0.4, -0.2) is 98.8 Å². The maximum atomic E-state index is 14.9. The van der Waals surface area contributed by atoms with E-state index in [-0.39, 0.29) is 54.3 Å². The number of ether oxygens (including phenoxy) is 1. The molecule has 3 fully saturated rings. The van der Waals surface area contributed by atoms with Crippen LogP contribution in [0.1, 0.15) is 131 Å². The normalized spacial score (nSPS) is 20.0. The smallest absolute Gasteiger partial charge is 0.289 e. The van der Waals surface area contributed by atoms with Crippen molar-refractivity contribution in [3.8, 4) is 5.88 Å². The molecule has 5 N–H and O–H groups in total.